The Morgan fingerprint density at radius 3 is 2.35 bits per heavy atom. The summed E-state index contributed by atoms with van der Waals surface area (Å²) in [6.07, 6.45) is 0.398. The lowest BCUT2D eigenvalue weighted by molar-refractivity contribution is -0.119. The van der Waals surface area contributed by atoms with E-state index in [9.17, 15) is 18.0 Å². The van der Waals surface area contributed by atoms with Crippen LogP contribution >= 0.6 is 0 Å². The van der Waals surface area contributed by atoms with Crippen LogP contribution in [0.25, 0.3) is 0 Å². The zero-order chi connectivity index (χ0) is 23.0. The van der Waals surface area contributed by atoms with Gasteiger partial charge in [0.05, 0.1) is 4.90 Å². The molecule has 0 saturated heterocycles. The molecule has 0 fully saturated rings. The molecule has 0 unspecified atom stereocenters. The molecule has 0 aromatic heterocycles. The third kappa shape index (κ3) is 7.08. The number of aryl methyl sites for hydroxylation is 1. The number of nitrogens with two attached hydrogens (primary N) is 1. The summed E-state index contributed by atoms with van der Waals surface area (Å²) in [5, 5.41) is 10.6. The first-order chi connectivity index (χ1) is 14.7. The molecule has 0 spiro atoms. The second kappa shape index (κ2) is 10.9. The van der Waals surface area contributed by atoms with E-state index < -0.39 is 28.1 Å². The Kier molecular flexibility index (Phi) is 8.58. The van der Waals surface area contributed by atoms with Crippen molar-refractivity contribution in [1.82, 2.24) is 5.32 Å². The van der Waals surface area contributed by atoms with Gasteiger partial charge in [-0.3, -0.25) is 4.79 Å². The van der Waals surface area contributed by atoms with E-state index in [-0.39, 0.29) is 23.1 Å². The van der Waals surface area contributed by atoms with Gasteiger partial charge < -0.3 is 15.4 Å². The highest BCUT2D eigenvalue weighted by Gasteiger charge is 2.27. The van der Waals surface area contributed by atoms with Crippen molar-refractivity contribution in [2.45, 2.75) is 51.2 Å². The fourth-order valence-corrected chi connectivity index (χ4v) is 3.87. The maximum atomic E-state index is 12.9. The minimum Gasteiger partial charge on any atom is -0.445 e. The summed E-state index contributed by atoms with van der Waals surface area (Å²) in [6, 6.07) is 12.9. The number of hydrogen-bond acceptors (Lipinski definition) is 5. The molecule has 0 aliphatic rings. The average Bonchev–Trinajstić information content (AvgIpc) is 2.75. The Labute approximate surface area is 183 Å². The molecule has 0 radical (unpaired) electrons. The Bertz CT molecular complexity index is 1010. The Hall–Kier alpha value is -2.91. The second-order valence-corrected chi connectivity index (χ2v) is 8.81. The lowest BCUT2D eigenvalue weighted by atomic mass is 9.98. The van der Waals surface area contributed by atoms with E-state index in [0.29, 0.717) is 18.4 Å². The quantitative estimate of drug-likeness (QED) is 0.544. The van der Waals surface area contributed by atoms with Gasteiger partial charge in [0.25, 0.3) is 0 Å². The van der Waals surface area contributed by atoms with Crippen LogP contribution in [0.1, 0.15) is 38.3 Å². The molecule has 168 valence electrons. The van der Waals surface area contributed by atoms with Crippen molar-refractivity contribution in [3.8, 4) is 0 Å². The highest BCUT2D eigenvalue weighted by molar-refractivity contribution is 7.89. The number of ether oxygens (including phenoxy) is 1. The van der Waals surface area contributed by atoms with Crippen molar-refractivity contribution in [2.24, 2.45) is 11.1 Å². The van der Waals surface area contributed by atoms with Crippen molar-refractivity contribution < 1.29 is 22.7 Å². The fourth-order valence-electron chi connectivity index (χ4n) is 3.00. The first-order valence-corrected chi connectivity index (χ1v) is 11.6. The monoisotopic (exact) mass is 447 g/mol. The van der Waals surface area contributed by atoms with Crippen LogP contribution in [0.3, 0.4) is 0 Å². The number of rotatable bonds is 9. The summed E-state index contributed by atoms with van der Waals surface area (Å²) in [7, 11) is -3.94. The lowest BCUT2D eigenvalue weighted by Crippen LogP contribution is -2.47. The zero-order valence-electron chi connectivity index (χ0n) is 17.9. The molecule has 0 aliphatic heterocycles. The molecule has 0 heterocycles. The third-order valence-corrected chi connectivity index (χ3v) is 6.00. The maximum Gasteiger partial charge on any atom is 0.408 e. The van der Waals surface area contributed by atoms with E-state index in [0.717, 1.165) is 5.56 Å². The largest absolute Gasteiger partial charge is 0.445 e. The van der Waals surface area contributed by atoms with Gasteiger partial charge in [0.1, 0.15) is 12.6 Å². The van der Waals surface area contributed by atoms with Gasteiger partial charge >= 0.3 is 6.09 Å². The minimum atomic E-state index is -3.94. The normalized spacial score (nSPS) is 13.2. The summed E-state index contributed by atoms with van der Waals surface area (Å²) >= 11 is 0. The maximum absolute atomic E-state index is 12.9. The van der Waals surface area contributed by atoms with E-state index in [2.05, 4.69) is 10.6 Å². The molecule has 2 aromatic rings. The number of hydrogen-bond donors (Lipinski definition) is 3. The van der Waals surface area contributed by atoms with Gasteiger partial charge in [0, 0.05) is 5.69 Å². The topological polar surface area (TPSA) is 128 Å². The number of benzene rings is 2. The van der Waals surface area contributed by atoms with E-state index >= 15 is 0 Å². The Balaban J connectivity index is 2.12. The predicted molar refractivity (Wildman–Crippen MR) is 119 cm³/mol. The van der Waals surface area contributed by atoms with Crippen LogP contribution in [0.15, 0.2) is 53.4 Å². The lowest BCUT2D eigenvalue weighted by Gasteiger charge is -2.23. The van der Waals surface area contributed by atoms with Gasteiger partial charge in [-0.1, -0.05) is 63.6 Å². The van der Waals surface area contributed by atoms with Crippen molar-refractivity contribution >= 4 is 27.7 Å². The Morgan fingerprint density at radius 2 is 1.77 bits per heavy atom. The van der Waals surface area contributed by atoms with Crippen LogP contribution in [0.4, 0.5) is 10.5 Å². The number of carbonyl (C=O) groups is 2. The van der Waals surface area contributed by atoms with Crippen molar-refractivity contribution in [1.29, 1.82) is 0 Å². The first kappa shape index (κ1) is 24.4. The molecule has 0 bridgehead atoms. The zero-order valence-corrected chi connectivity index (χ0v) is 18.7. The number of nitrogens with one attached hydrogen (secondary N) is 2. The molecule has 2 rings (SSSR count). The van der Waals surface area contributed by atoms with Gasteiger partial charge in [-0.2, -0.15) is 0 Å². The summed E-state index contributed by atoms with van der Waals surface area (Å²) in [5.41, 5.74) is 1.66. The van der Waals surface area contributed by atoms with Crippen LogP contribution in [0.2, 0.25) is 0 Å². The Morgan fingerprint density at radius 1 is 1.10 bits per heavy atom. The highest BCUT2D eigenvalue weighted by atomic mass is 32.2. The molecule has 31 heavy (non-hydrogen) atoms. The van der Waals surface area contributed by atoms with Crippen molar-refractivity contribution in [3.63, 3.8) is 0 Å². The molecule has 0 aliphatic carbocycles. The standard InChI is InChI=1S/C22H29N3O5S/c1-4-15(3)20(25-22(27)30-14-16-9-7-6-8-10-16)21(26)24-18-12-11-17(5-2)19(13-18)31(23,28)29/h6-13,15,20H,4-5,14H2,1-3H3,(H,24,26)(H,25,27)(H2,23,28,29)/t15-,20-/m0/s1. The summed E-state index contributed by atoms with van der Waals surface area (Å²) in [4.78, 5) is 25.1. The summed E-state index contributed by atoms with van der Waals surface area (Å²) < 4.78 is 29.0. The van der Waals surface area contributed by atoms with Crippen molar-refractivity contribution in [2.75, 3.05) is 5.32 Å². The second-order valence-electron chi connectivity index (χ2n) is 7.28. The molecule has 2 atom stereocenters. The molecule has 2 amide bonds. The van der Waals surface area contributed by atoms with Gasteiger partial charge in [0.15, 0.2) is 0 Å². The molecule has 2 aromatic carbocycles. The first-order valence-electron chi connectivity index (χ1n) is 10.1. The van der Waals surface area contributed by atoms with Crippen LogP contribution in [0, 0.1) is 5.92 Å². The third-order valence-electron chi connectivity index (χ3n) is 5.00. The average molecular weight is 448 g/mol. The molecule has 9 heteroatoms. The molecule has 0 saturated carbocycles. The number of anilines is 1. The minimum absolute atomic E-state index is 0.0388. The SMILES string of the molecule is CCc1ccc(NC(=O)[C@@H](NC(=O)OCc2ccccc2)[C@@H](C)CC)cc1S(N)(=O)=O. The number of alkyl carbamates (subject to hydrolysis) is 1. The van der Waals surface area contributed by atoms with E-state index in [4.69, 9.17) is 9.88 Å². The highest BCUT2D eigenvalue weighted by Crippen LogP contribution is 2.21. The van der Waals surface area contributed by atoms with Crippen LogP contribution in [-0.2, 0) is 32.6 Å². The number of sulfonamides is 1. The van der Waals surface area contributed by atoms with E-state index in [1.807, 2.05) is 51.1 Å². The fraction of sp³-hybridized carbons (Fsp3) is 0.364. The van der Waals surface area contributed by atoms with Crippen molar-refractivity contribution in [3.05, 3.63) is 59.7 Å². The molecular formula is C22H29N3O5S. The molecule has 4 N–H and O–H groups in total. The van der Waals surface area contributed by atoms with E-state index in [1.165, 1.54) is 6.07 Å². The summed E-state index contributed by atoms with van der Waals surface area (Å²) in [5.74, 6) is -0.660. The van der Waals surface area contributed by atoms with Gasteiger partial charge in [0.2, 0.25) is 15.9 Å². The van der Waals surface area contributed by atoms with E-state index in [1.54, 1.807) is 12.1 Å². The molecular weight excluding hydrogens is 418 g/mol. The number of amides is 2. The van der Waals surface area contributed by atoms with Gasteiger partial charge in [-0.05, 0) is 35.6 Å². The van der Waals surface area contributed by atoms with Crippen LogP contribution < -0.4 is 15.8 Å². The smallest absolute Gasteiger partial charge is 0.408 e. The van der Waals surface area contributed by atoms with Crippen LogP contribution in [0.5, 0.6) is 0 Å². The molecule has 8 nitrogen and oxygen atoms in total. The number of primary sulfonamides is 1. The predicted octanol–water partition coefficient (Wildman–Crippen LogP) is 3.18. The number of carbonyl (C=O) groups excluding carboxylic acids is 2. The summed E-state index contributed by atoms with van der Waals surface area (Å²) in [6.45, 7) is 5.62. The van der Waals surface area contributed by atoms with Gasteiger partial charge in [-0.15, -0.1) is 0 Å². The van der Waals surface area contributed by atoms with Gasteiger partial charge in [-0.25, -0.2) is 18.4 Å². The van der Waals surface area contributed by atoms with Crippen LogP contribution in [-0.4, -0.2) is 26.5 Å².